The van der Waals surface area contributed by atoms with E-state index in [1.807, 2.05) is 68.8 Å². The maximum atomic E-state index is 10.6. The number of rotatable bonds is 13. The van der Waals surface area contributed by atoms with Gasteiger partial charge in [0.25, 0.3) is 0 Å². The summed E-state index contributed by atoms with van der Waals surface area (Å²) in [6, 6.07) is 15.5. The molecular weight excluding hydrogens is 560 g/mol. The van der Waals surface area contributed by atoms with Crippen LogP contribution in [0.4, 0.5) is 0 Å². The lowest BCUT2D eigenvalue weighted by Gasteiger charge is -2.02. The Kier molecular flexibility index (Phi) is 23.1. The monoisotopic (exact) mass is 618 g/mol. The van der Waals surface area contributed by atoms with Gasteiger partial charge in [0.2, 0.25) is 0 Å². The van der Waals surface area contributed by atoms with Crippen LogP contribution in [0.25, 0.3) is 12.3 Å². The predicted molar refractivity (Wildman–Crippen MR) is 193 cm³/mol. The molecule has 0 unspecified atom stereocenters. The van der Waals surface area contributed by atoms with Crippen molar-refractivity contribution in [2.45, 2.75) is 113 Å². The van der Waals surface area contributed by atoms with E-state index in [4.69, 9.17) is 10.2 Å². The summed E-state index contributed by atoms with van der Waals surface area (Å²) in [4.78, 5) is 24.3. The number of hydrogen-bond acceptors (Lipinski definition) is 5. The van der Waals surface area contributed by atoms with Crippen molar-refractivity contribution >= 4 is 30.2 Å². The topological polar surface area (TPSA) is 100 Å². The van der Waals surface area contributed by atoms with Gasteiger partial charge in [-0.1, -0.05) is 96.9 Å². The molecule has 0 saturated carbocycles. The summed E-state index contributed by atoms with van der Waals surface area (Å²) in [6.45, 7) is 21.7. The quantitative estimate of drug-likeness (QED) is 0.149. The number of benzene rings is 2. The predicted octanol–water partition coefficient (Wildman–Crippen LogP) is 8.13. The molecule has 3 aromatic rings. The number of phenolic OH excluding ortho intramolecular Hbond substituents is 1. The molecule has 1 heterocycles. The highest BCUT2D eigenvalue weighted by molar-refractivity contribution is 5.84. The molecule has 0 aliphatic rings. The van der Waals surface area contributed by atoms with Gasteiger partial charge in [0.1, 0.15) is 11.1 Å². The second kappa shape index (κ2) is 25.3. The summed E-state index contributed by atoms with van der Waals surface area (Å²) < 4.78 is 1.95. The fourth-order valence-electron chi connectivity index (χ4n) is 3.84. The number of aliphatic carboxylic acids is 1. The largest absolute Gasteiger partial charge is 0.508 e. The van der Waals surface area contributed by atoms with E-state index in [2.05, 4.69) is 55.3 Å². The third kappa shape index (κ3) is 18.4. The van der Waals surface area contributed by atoms with Crippen molar-refractivity contribution in [1.29, 1.82) is 0 Å². The van der Waals surface area contributed by atoms with Crippen LogP contribution in [0.15, 0.2) is 64.8 Å². The summed E-state index contributed by atoms with van der Waals surface area (Å²) in [7, 11) is 0. The van der Waals surface area contributed by atoms with Crippen LogP contribution in [-0.2, 0) is 17.8 Å². The van der Waals surface area contributed by atoms with Crippen molar-refractivity contribution in [2.24, 2.45) is 9.98 Å². The van der Waals surface area contributed by atoms with E-state index in [-0.39, 0.29) is 6.42 Å². The van der Waals surface area contributed by atoms with E-state index < -0.39 is 5.97 Å². The molecule has 0 spiro atoms. The van der Waals surface area contributed by atoms with E-state index in [1.54, 1.807) is 18.5 Å². The summed E-state index contributed by atoms with van der Waals surface area (Å²) in [5, 5.41) is 19.2. The molecule has 0 aliphatic carbocycles. The molecule has 0 bridgehead atoms. The molecule has 0 saturated heterocycles. The highest BCUT2D eigenvalue weighted by Crippen LogP contribution is 2.11. The first-order valence-electron chi connectivity index (χ1n) is 16.4. The fraction of sp³-hybridized carbons (Fsp3) is 0.474. The van der Waals surface area contributed by atoms with Gasteiger partial charge < -0.3 is 14.8 Å². The van der Waals surface area contributed by atoms with Gasteiger partial charge in [-0.15, -0.1) is 0 Å². The van der Waals surface area contributed by atoms with E-state index in [1.165, 1.54) is 36.8 Å². The van der Waals surface area contributed by atoms with Crippen molar-refractivity contribution in [1.82, 2.24) is 9.55 Å². The standard InChI is InChI=1S/C22H28N4O2.C10H14O.C4H10.C2H6/c1-16(2)25-20(14-23-13-19-10-6-5-9-17(19)3)22-18(4)26(15-24-22)12-8-7-11-21(27)28;1-2-3-4-9-5-7-10(11)8-6-9;1-3-4-2;1-2/h5-6,9-10,13,15H,4,7-8,11-12,14H2,1-3H3,(H,27,28);5-8,11H,2-4H2,1H3;3-4H2,1-2H3;1-2H3/b22-20+,23-13?;;;. The molecular formula is C38H58N4O3. The van der Waals surface area contributed by atoms with E-state index >= 15 is 0 Å². The van der Waals surface area contributed by atoms with Crippen molar-refractivity contribution in [3.05, 3.63) is 82.2 Å². The first-order chi connectivity index (χ1) is 21.6. The molecule has 0 amide bonds. The number of aliphatic imine (C=N–C) groups is 2. The Labute approximate surface area is 272 Å². The van der Waals surface area contributed by atoms with Crippen molar-refractivity contribution in [3.63, 3.8) is 0 Å². The minimum Gasteiger partial charge on any atom is -0.508 e. The minimum atomic E-state index is -0.768. The van der Waals surface area contributed by atoms with Gasteiger partial charge >= 0.3 is 5.97 Å². The molecule has 7 heteroatoms. The van der Waals surface area contributed by atoms with Crippen LogP contribution in [0.2, 0.25) is 0 Å². The van der Waals surface area contributed by atoms with Crippen LogP contribution in [0.1, 0.15) is 110 Å². The van der Waals surface area contributed by atoms with Crippen LogP contribution >= 0.6 is 0 Å². The zero-order valence-corrected chi connectivity index (χ0v) is 29.1. The fourth-order valence-corrected chi connectivity index (χ4v) is 3.84. The van der Waals surface area contributed by atoms with Crippen LogP contribution in [0, 0.1) is 6.92 Å². The molecule has 2 N–H and O–H groups in total. The summed E-state index contributed by atoms with van der Waals surface area (Å²) >= 11 is 0. The minimum absolute atomic E-state index is 0.179. The third-order valence-electron chi connectivity index (χ3n) is 6.53. The van der Waals surface area contributed by atoms with Gasteiger partial charge in [-0.3, -0.25) is 14.8 Å². The molecule has 0 atom stereocenters. The molecule has 1 aromatic heterocycles. The first kappa shape index (κ1) is 41.0. The average molecular weight is 619 g/mol. The smallest absolute Gasteiger partial charge is 0.303 e. The second-order valence-electron chi connectivity index (χ2n) is 10.7. The number of nitrogens with zero attached hydrogens (tertiary/aromatic N) is 4. The Morgan fingerprint density at radius 3 is 2.16 bits per heavy atom. The number of carboxylic acids is 1. The molecule has 0 aliphatic heterocycles. The van der Waals surface area contributed by atoms with Crippen molar-refractivity contribution < 1.29 is 15.0 Å². The molecule has 45 heavy (non-hydrogen) atoms. The lowest BCUT2D eigenvalue weighted by atomic mass is 10.1. The summed E-state index contributed by atoms with van der Waals surface area (Å²) in [6.07, 6.45) is 11.4. The Balaban J connectivity index is 0.000000935. The highest BCUT2D eigenvalue weighted by atomic mass is 16.4. The summed E-state index contributed by atoms with van der Waals surface area (Å²) in [5.41, 5.74) is 5.27. The Morgan fingerprint density at radius 2 is 1.60 bits per heavy atom. The van der Waals surface area contributed by atoms with Crippen LogP contribution in [0.3, 0.4) is 0 Å². The number of aryl methyl sites for hydroxylation is 3. The maximum Gasteiger partial charge on any atom is 0.303 e. The van der Waals surface area contributed by atoms with Crippen molar-refractivity contribution in [3.8, 4) is 5.75 Å². The van der Waals surface area contributed by atoms with E-state index in [0.29, 0.717) is 25.3 Å². The lowest BCUT2D eigenvalue weighted by molar-refractivity contribution is -0.137. The third-order valence-corrected chi connectivity index (χ3v) is 6.53. The van der Waals surface area contributed by atoms with Gasteiger partial charge in [-0.05, 0) is 75.3 Å². The average Bonchev–Trinajstić information content (AvgIpc) is 3.40. The van der Waals surface area contributed by atoms with Crippen LogP contribution < -0.4 is 10.7 Å². The number of hydrogen-bond donors (Lipinski definition) is 2. The number of aromatic nitrogens is 2. The normalized spacial score (nSPS) is 10.8. The SMILES string of the molecule is C=c1/c(=C(/CN=Cc2ccccc2C)N=C(C)C)ncn1CCCCC(=O)O.CC.CCCC.CCCCc1ccc(O)cc1. The number of unbranched alkanes of at least 4 members (excludes halogenated alkanes) is 3. The number of imidazole rings is 1. The zero-order valence-electron chi connectivity index (χ0n) is 29.1. The molecule has 0 fully saturated rings. The van der Waals surface area contributed by atoms with E-state index in [0.717, 1.165) is 40.5 Å². The molecule has 0 radical (unpaired) electrons. The Hall–Kier alpha value is -4.00. The van der Waals surface area contributed by atoms with Crippen LogP contribution in [-0.4, -0.2) is 44.2 Å². The number of carboxylic acid groups (broad SMARTS) is 1. The second-order valence-corrected chi connectivity index (χ2v) is 10.7. The zero-order chi connectivity index (χ0) is 34.0. The van der Waals surface area contributed by atoms with Gasteiger partial charge in [-0.2, -0.15) is 0 Å². The molecule has 7 nitrogen and oxygen atoms in total. The highest BCUT2D eigenvalue weighted by Gasteiger charge is 2.04. The molecule has 3 rings (SSSR count). The van der Waals surface area contributed by atoms with E-state index in [9.17, 15) is 4.79 Å². The number of aromatic hydroxyl groups is 1. The van der Waals surface area contributed by atoms with Gasteiger partial charge in [0, 0.05) is 24.9 Å². The van der Waals surface area contributed by atoms with Crippen molar-refractivity contribution in [2.75, 3.05) is 6.54 Å². The maximum absolute atomic E-state index is 10.6. The van der Waals surface area contributed by atoms with Gasteiger partial charge in [0.15, 0.2) is 0 Å². The lowest BCUT2D eigenvalue weighted by Crippen LogP contribution is -2.31. The molecule has 2 aromatic carbocycles. The van der Waals surface area contributed by atoms with Crippen LogP contribution in [0.5, 0.6) is 5.75 Å². The Morgan fingerprint density at radius 1 is 0.956 bits per heavy atom. The first-order valence-corrected chi connectivity index (χ1v) is 16.4. The summed E-state index contributed by atoms with van der Waals surface area (Å²) in [5.74, 6) is -0.415. The van der Waals surface area contributed by atoms with Gasteiger partial charge in [-0.25, -0.2) is 4.98 Å². The Bertz CT molecular complexity index is 1380. The molecule has 248 valence electrons. The number of phenols is 1. The number of carbonyl (C=O) groups is 1. The van der Waals surface area contributed by atoms with Gasteiger partial charge in [0.05, 0.1) is 23.9 Å².